The van der Waals surface area contributed by atoms with Crippen LogP contribution in [0.15, 0.2) is 62.5 Å². The van der Waals surface area contributed by atoms with E-state index < -0.39 is 52.1 Å². The first-order chi connectivity index (χ1) is 14.3. The Balaban J connectivity index is 0.00000272. The number of nitrogen functional groups attached to an aromatic ring is 1. The number of azo groups is 1. The molecule has 0 saturated heterocycles. The van der Waals surface area contributed by atoms with Gasteiger partial charge >= 0.3 is 0 Å². The van der Waals surface area contributed by atoms with Crippen LogP contribution in [0.2, 0.25) is 0 Å². The van der Waals surface area contributed by atoms with Crippen molar-refractivity contribution in [3.05, 3.63) is 52.6 Å². The summed E-state index contributed by atoms with van der Waals surface area (Å²) >= 11 is 0. The third-order valence-corrected chi connectivity index (χ3v) is 5.77. The van der Waals surface area contributed by atoms with E-state index in [2.05, 4.69) is 10.2 Å². The molecule has 0 aliphatic carbocycles. The number of hydrogen-bond acceptors (Lipinski definition) is 10. The van der Waals surface area contributed by atoms with Crippen molar-refractivity contribution >= 4 is 113 Å². The van der Waals surface area contributed by atoms with Crippen LogP contribution < -0.4 is 5.73 Å². The largest absolute Gasteiger partial charge is 0.507 e. The summed E-state index contributed by atoms with van der Waals surface area (Å²) in [6, 6.07) is 7.03. The Hall–Kier alpha value is -1.66. The van der Waals surface area contributed by atoms with Crippen LogP contribution in [0, 0.1) is 10.1 Å². The van der Waals surface area contributed by atoms with E-state index in [1.165, 1.54) is 12.1 Å². The number of anilines is 1. The molecule has 0 heterocycles. The van der Waals surface area contributed by atoms with E-state index in [9.17, 15) is 41.2 Å². The molecule has 3 aromatic rings. The van der Waals surface area contributed by atoms with Crippen LogP contribution in [0.4, 0.5) is 22.7 Å². The van der Waals surface area contributed by atoms with Crippen molar-refractivity contribution in [1.29, 1.82) is 0 Å². The van der Waals surface area contributed by atoms with Gasteiger partial charge in [-0.25, -0.2) is 0 Å². The number of aromatic hydroxyl groups is 1. The standard InChI is InChI=1S/C16H12N4O9S2.2Na/c17-15-14-8(5-11(7-12(14)21)30(24,25)26)6-13(31(27,28)29)16(15)19-18-9-1-3-10(4-2-9)20(22)23;;/h1-7,21H,17H2,(H,24,25,26)(H,27,28,29);;. The molecule has 0 aromatic heterocycles. The fraction of sp³-hybridized carbons (Fsp3) is 0. The fourth-order valence-electron chi connectivity index (χ4n) is 2.69. The van der Waals surface area contributed by atoms with Gasteiger partial charge in [0.05, 0.1) is 21.2 Å². The number of rotatable bonds is 5. The average Bonchev–Trinajstić information content (AvgIpc) is 2.65. The van der Waals surface area contributed by atoms with Crippen molar-refractivity contribution in [1.82, 2.24) is 0 Å². The molecule has 0 unspecified atom stereocenters. The van der Waals surface area contributed by atoms with E-state index in [1.807, 2.05) is 0 Å². The van der Waals surface area contributed by atoms with Gasteiger partial charge in [0.1, 0.15) is 16.3 Å². The van der Waals surface area contributed by atoms with E-state index in [4.69, 9.17) is 5.73 Å². The van der Waals surface area contributed by atoms with Crippen molar-refractivity contribution in [2.45, 2.75) is 9.79 Å². The first kappa shape index (κ1) is 29.4. The maximum absolute atomic E-state index is 11.8. The van der Waals surface area contributed by atoms with E-state index in [1.54, 1.807) is 0 Å². The molecule has 0 atom stereocenters. The van der Waals surface area contributed by atoms with Crippen LogP contribution in [0.25, 0.3) is 10.8 Å². The van der Waals surface area contributed by atoms with Crippen LogP contribution in [0.3, 0.4) is 0 Å². The third-order valence-electron chi connectivity index (χ3n) is 4.07. The molecule has 3 aromatic carbocycles. The number of nitrogens with zero attached hydrogens (tertiary/aromatic N) is 3. The summed E-state index contributed by atoms with van der Waals surface area (Å²) in [5, 5.41) is 27.9. The zero-order valence-corrected chi connectivity index (χ0v) is 22.7. The quantitative estimate of drug-likeness (QED) is 0.0969. The number of nitro groups is 1. The maximum atomic E-state index is 11.8. The molecule has 33 heavy (non-hydrogen) atoms. The predicted molar refractivity (Wildman–Crippen MR) is 118 cm³/mol. The minimum absolute atomic E-state index is 0. The summed E-state index contributed by atoms with van der Waals surface area (Å²) < 4.78 is 65.1. The molecule has 0 aliphatic rings. The minimum Gasteiger partial charge on any atom is -0.507 e. The average molecular weight is 514 g/mol. The van der Waals surface area contributed by atoms with E-state index in [0.717, 1.165) is 24.3 Å². The van der Waals surface area contributed by atoms with Gasteiger partial charge in [-0.05, 0) is 29.7 Å². The molecular weight excluding hydrogens is 502 g/mol. The smallest absolute Gasteiger partial charge is 0.296 e. The van der Waals surface area contributed by atoms with Crippen molar-refractivity contribution in [3.8, 4) is 5.75 Å². The number of fused-ring (bicyclic) bond motifs is 1. The van der Waals surface area contributed by atoms with Gasteiger partial charge in [-0.1, -0.05) is 0 Å². The second kappa shape index (κ2) is 10.7. The number of hydrogen-bond donors (Lipinski definition) is 4. The molecule has 0 fully saturated rings. The van der Waals surface area contributed by atoms with Crippen LogP contribution in [-0.4, -0.2) is 95.1 Å². The summed E-state index contributed by atoms with van der Waals surface area (Å²) in [6.45, 7) is 0. The molecule has 0 spiro atoms. The number of non-ortho nitro benzene ring substituents is 1. The van der Waals surface area contributed by atoms with Crippen molar-refractivity contribution in [2.75, 3.05) is 5.73 Å². The summed E-state index contributed by atoms with van der Waals surface area (Å²) in [4.78, 5) is 8.47. The van der Waals surface area contributed by atoms with E-state index in [0.29, 0.717) is 6.07 Å². The molecule has 3 rings (SSSR count). The first-order valence-electron chi connectivity index (χ1n) is 7.99. The minimum atomic E-state index is -4.95. The molecule has 0 saturated carbocycles. The maximum Gasteiger partial charge on any atom is 0.296 e. The third kappa shape index (κ3) is 6.48. The van der Waals surface area contributed by atoms with Gasteiger partial charge in [0.2, 0.25) is 0 Å². The van der Waals surface area contributed by atoms with Crippen LogP contribution >= 0.6 is 0 Å². The van der Waals surface area contributed by atoms with Gasteiger partial charge in [-0.2, -0.15) is 21.9 Å². The molecule has 164 valence electrons. The normalized spacial score (nSPS) is 11.7. The molecule has 5 N–H and O–H groups in total. The van der Waals surface area contributed by atoms with Crippen molar-refractivity contribution in [3.63, 3.8) is 0 Å². The number of nitro benzene ring substituents is 1. The molecule has 0 aliphatic heterocycles. The summed E-state index contributed by atoms with van der Waals surface area (Å²) in [7, 11) is -9.69. The topological polar surface area (TPSA) is 223 Å². The fourth-order valence-corrected chi connectivity index (χ4v) is 3.89. The summed E-state index contributed by atoms with van der Waals surface area (Å²) in [6.07, 6.45) is 0. The van der Waals surface area contributed by atoms with Gasteiger partial charge < -0.3 is 10.8 Å². The summed E-state index contributed by atoms with van der Waals surface area (Å²) in [5.74, 6) is -0.712. The Labute approximate surface area is 230 Å². The number of phenolic OH excluding ortho intramolecular Hbond substituents is 1. The predicted octanol–water partition coefficient (Wildman–Crippen LogP) is 2.18. The Morgan fingerprint density at radius 2 is 1.48 bits per heavy atom. The number of phenols is 1. The number of benzene rings is 3. The zero-order chi connectivity index (χ0) is 23.1. The second-order valence-electron chi connectivity index (χ2n) is 6.10. The van der Waals surface area contributed by atoms with E-state index in [-0.39, 0.29) is 81.3 Å². The first-order valence-corrected chi connectivity index (χ1v) is 10.9. The Morgan fingerprint density at radius 1 is 0.909 bits per heavy atom. The molecule has 0 bridgehead atoms. The van der Waals surface area contributed by atoms with Gasteiger partial charge in [-0.15, -0.1) is 5.11 Å². The van der Waals surface area contributed by atoms with Gasteiger partial charge in [-0.3, -0.25) is 19.2 Å². The van der Waals surface area contributed by atoms with Crippen LogP contribution in [0.1, 0.15) is 0 Å². The zero-order valence-electron chi connectivity index (χ0n) is 17.1. The van der Waals surface area contributed by atoms with Crippen molar-refractivity contribution < 1.29 is 36.0 Å². The molecule has 17 heteroatoms. The van der Waals surface area contributed by atoms with Crippen molar-refractivity contribution in [2.24, 2.45) is 10.2 Å². The van der Waals surface area contributed by atoms with Crippen LogP contribution in [0.5, 0.6) is 5.75 Å². The van der Waals surface area contributed by atoms with Gasteiger partial charge in [0.15, 0.2) is 0 Å². The Morgan fingerprint density at radius 3 is 1.97 bits per heavy atom. The second-order valence-corrected chi connectivity index (χ2v) is 8.91. The van der Waals surface area contributed by atoms with Crippen LogP contribution in [-0.2, 0) is 20.2 Å². The SMILES string of the molecule is Nc1c(N=Nc2ccc([N+](=O)[O-])cc2)c(S(=O)(=O)O)cc2cc(S(=O)(=O)O)cc(O)c12.[Na].[Na]. The molecule has 13 nitrogen and oxygen atoms in total. The Bertz CT molecular complexity index is 1480. The molecule has 0 amide bonds. The summed E-state index contributed by atoms with van der Waals surface area (Å²) in [5.41, 5.74) is 4.75. The van der Waals surface area contributed by atoms with Gasteiger partial charge in [0, 0.05) is 82.7 Å². The Kier molecular flexibility index (Phi) is 9.55. The molecule has 2 radical (unpaired) electrons. The molecular formula is C16H12N4Na2O9S2. The monoisotopic (exact) mass is 514 g/mol. The van der Waals surface area contributed by atoms with Gasteiger partial charge in [0.25, 0.3) is 25.9 Å². The number of nitrogens with two attached hydrogens (primary N) is 1. The van der Waals surface area contributed by atoms with E-state index >= 15 is 0 Å².